The highest BCUT2D eigenvalue weighted by atomic mass is 16.6. The minimum Gasteiger partial charge on any atom is -0.380 e. The lowest BCUT2D eigenvalue weighted by atomic mass is 9.77. The van der Waals surface area contributed by atoms with Crippen molar-refractivity contribution in [3.63, 3.8) is 0 Å². The Morgan fingerprint density at radius 1 is 1.08 bits per heavy atom. The van der Waals surface area contributed by atoms with E-state index in [0.717, 1.165) is 51.9 Å². The molecule has 0 aromatic rings. The molecule has 1 N–H and O–H groups in total. The van der Waals surface area contributed by atoms with E-state index < -0.39 is 5.79 Å². The lowest BCUT2D eigenvalue weighted by Gasteiger charge is -2.56. The van der Waals surface area contributed by atoms with Crippen LogP contribution in [0.5, 0.6) is 0 Å². The summed E-state index contributed by atoms with van der Waals surface area (Å²) in [6.07, 6.45) is 3.90. The van der Waals surface area contributed by atoms with Gasteiger partial charge >= 0.3 is 0 Å². The van der Waals surface area contributed by atoms with Crippen molar-refractivity contribution in [3.8, 4) is 0 Å². The van der Waals surface area contributed by atoms with Crippen molar-refractivity contribution >= 4 is 5.78 Å². The zero-order valence-corrected chi connectivity index (χ0v) is 14.7. The molecule has 0 radical (unpaired) electrons. The number of nitrogens with zero attached hydrogens (tertiary/aromatic N) is 2. The van der Waals surface area contributed by atoms with Crippen LogP contribution in [0.1, 0.15) is 32.6 Å². The van der Waals surface area contributed by atoms with Crippen molar-refractivity contribution in [1.82, 2.24) is 9.80 Å². The van der Waals surface area contributed by atoms with Crippen LogP contribution in [-0.2, 0) is 14.3 Å². The van der Waals surface area contributed by atoms with Crippen LogP contribution in [0.3, 0.4) is 0 Å². The molecular weight excluding hydrogens is 308 g/mol. The predicted molar refractivity (Wildman–Crippen MR) is 88.6 cm³/mol. The van der Waals surface area contributed by atoms with Gasteiger partial charge in [0.05, 0.1) is 25.3 Å². The van der Waals surface area contributed by atoms with Gasteiger partial charge in [-0.05, 0) is 58.8 Å². The molecule has 0 aliphatic carbocycles. The van der Waals surface area contributed by atoms with Gasteiger partial charge in [0.2, 0.25) is 0 Å². The van der Waals surface area contributed by atoms with Crippen molar-refractivity contribution in [2.24, 2.45) is 11.8 Å². The highest BCUT2D eigenvalue weighted by molar-refractivity contribution is 5.88. The molecular formula is C18H30N2O4. The van der Waals surface area contributed by atoms with Crippen molar-refractivity contribution in [2.45, 2.75) is 50.5 Å². The molecule has 4 bridgehead atoms. The molecule has 0 spiro atoms. The van der Waals surface area contributed by atoms with Gasteiger partial charge in [-0.25, -0.2) is 0 Å². The molecule has 0 aromatic carbocycles. The molecule has 0 saturated carbocycles. The van der Waals surface area contributed by atoms with Crippen LogP contribution >= 0.6 is 0 Å². The minimum atomic E-state index is -1.18. The van der Waals surface area contributed by atoms with Gasteiger partial charge in [-0.3, -0.25) is 14.6 Å². The lowest BCUT2D eigenvalue weighted by Crippen LogP contribution is -2.69. The SMILES string of the molecule is CCOCC1N2CCC(CC2)C1(O)OCC1C(=O)C2CCN1CC2. The van der Waals surface area contributed by atoms with Gasteiger partial charge < -0.3 is 14.6 Å². The number of Topliss-reactive ketones (excluding diaryl/α,β-unsaturated/α-hetero) is 1. The number of rotatable bonds is 6. The summed E-state index contributed by atoms with van der Waals surface area (Å²) in [6, 6.07) is -0.277. The van der Waals surface area contributed by atoms with E-state index in [-0.39, 0.29) is 23.9 Å². The number of ketones is 1. The normalized spacial score (nSPS) is 47.3. The molecule has 6 heteroatoms. The van der Waals surface area contributed by atoms with Crippen LogP contribution in [0.2, 0.25) is 0 Å². The quantitative estimate of drug-likeness (QED) is 0.711. The van der Waals surface area contributed by atoms with Crippen molar-refractivity contribution in [3.05, 3.63) is 0 Å². The minimum absolute atomic E-state index is 0.115. The zero-order chi connectivity index (χ0) is 16.7. The summed E-state index contributed by atoms with van der Waals surface area (Å²) in [7, 11) is 0. The number of fused-ring (bicyclic) bond motifs is 6. The van der Waals surface area contributed by atoms with Crippen LogP contribution in [0.15, 0.2) is 0 Å². The fraction of sp³-hybridized carbons (Fsp3) is 0.944. The van der Waals surface area contributed by atoms with Gasteiger partial charge in [0.1, 0.15) is 0 Å². The van der Waals surface area contributed by atoms with Gasteiger partial charge in [0.25, 0.3) is 0 Å². The number of carbonyl (C=O) groups excluding carboxylic acids is 1. The Kier molecular flexibility index (Phi) is 4.69. The van der Waals surface area contributed by atoms with E-state index in [1.807, 2.05) is 6.92 Å². The molecule has 3 unspecified atom stereocenters. The van der Waals surface area contributed by atoms with Crippen molar-refractivity contribution < 1.29 is 19.4 Å². The summed E-state index contributed by atoms with van der Waals surface area (Å²) in [4.78, 5) is 17.1. The fourth-order valence-electron chi connectivity index (χ4n) is 5.17. The molecule has 6 aliphatic rings. The molecule has 136 valence electrons. The Morgan fingerprint density at radius 2 is 1.75 bits per heavy atom. The summed E-state index contributed by atoms with van der Waals surface area (Å²) in [5.41, 5.74) is 0. The topological polar surface area (TPSA) is 62.2 Å². The summed E-state index contributed by atoms with van der Waals surface area (Å²) < 4.78 is 11.8. The summed E-state index contributed by atoms with van der Waals surface area (Å²) in [6.45, 7) is 7.41. The van der Waals surface area contributed by atoms with E-state index >= 15 is 0 Å². The maximum atomic E-state index is 12.5. The standard InChI is InChI=1S/C18H30N2O4/c1-2-23-12-16-18(22,14-5-9-20(16)10-6-14)24-11-15-17(21)13-3-7-19(15)8-4-13/h13-16,22H,2-12H2,1H3. The largest absolute Gasteiger partial charge is 0.380 e. The summed E-state index contributed by atoms with van der Waals surface area (Å²) >= 11 is 0. The molecule has 0 amide bonds. The maximum Gasteiger partial charge on any atom is 0.186 e. The summed E-state index contributed by atoms with van der Waals surface area (Å²) in [5, 5.41) is 11.4. The van der Waals surface area contributed by atoms with Gasteiger partial charge in [-0.1, -0.05) is 0 Å². The number of piperidine rings is 6. The highest BCUT2D eigenvalue weighted by Crippen LogP contribution is 2.42. The molecule has 6 heterocycles. The average molecular weight is 338 g/mol. The van der Waals surface area contributed by atoms with Crippen LogP contribution in [-0.4, -0.2) is 84.6 Å². The number of ether oxygens (including phenoxy) is 2. The molecule has 3 atom stereocenters. The predicted octanol–water partition coefficient (Wildman–Crippen LogP) is 0.486. The van der Waals surface area contributed by atoms with Gasteiger partial charge in [-0.15, -0.1) is 0 Å². The van der Waals surface area contributed by atoms with E-state index in [1.54, 1.807) is 0 Å². The summed E-state index contributed by atoms with van der Waals surface area (Å²) in [5.74, 6) is -0.495. The second kappa shape index (κ2) is 6.65. The molecule has 24 heavy (non-hydrogen) atoms. The third-order valence-corrected chi connectivity index (χ3v) is 6.69. The third-order valence-electron chi connectivity index (χ3n) is 6.69. The van der Waals surface area contributed by atoms with Crippen LogP contribution < -0.4 is 0 Å². The molecule has 0 aromatic heterocycles. The number of aliphatic hydroxyl groups is 1. The molecule has 6 fully saturated rings. The Labute approximate surface area is 144 Å². The first kappa shape index (κ1) is 16.9. The second-order valence-electron chi connectivity index (χ2n) is 7.78. The van der Waals surface area contributed by atoms with Gasteiger partial charge in [-0.2, -0.15) is 0 Å². The smallest absolute Gasteiger partial charge is 0.186 e. The number of hydrogen-bond acceptors (Lipinski definition) is 6. The molecule has 6 rings (SSSR count). The molecule has 6 nitrogen and oxygen atoms in total. The van der Waals surface area contributed by atoms with E-state index in [1.165, 1.54) is 0 Å². The monoisotopic (exact) mass is 338 g/mol. The third kappa shape index (κ3) is 2.72. The Hall–Kier alpha value is -0.530. The van der Waals surface area contributed by atoms with Gasteiger partial charge in [0, 0.05) is 18.4 Å². The average Bonchev–Trinajstić information content (AvgIpc) is 2.62. The van der Waals surface area contributed by atoms with Crippen LogP contribution in [0.25, 0.3) is 0 Å². The van der Waals surface area contributed by atoms with Crippen LogP contribution in [0, 0.1) is 11.8 Å². The first-order valence-electron chi connectivity index (χ1n) is 9.59. The highest BCUT2D eigenvalue weighted by Gasteiger charge is 2.55. The van der Waals surface area contributed by atoms with Gasteiger partial charge in [0.15, 0.2) is 11.6 Å². The Morgan fingerprint density at radius 3 is 2.38 bits per heavy atom. The zero-order valence-electron chi connectivity index (χ0n) is 14.7. The lowest BCUT2D eigenvalue weighted by molar-refractivity contribution is -0.314. The fourth-order valence-corrected chi connectivity index (χ4v) is 5.17. The van der Waals surface area contributed by atoms with Crippen molar-refractivity contribution in [2.75, 3.05) is 46.0 Å². The second-order valence-corrected chi connectivity index (χ2v) is 7.78. The first-order chi connectivity index (χ1) is 11.6. The first-order valence-corrected chi connectivity index (χ1v) is 9.59. The van der Waals surface area contributed by atoms with E-state index in [4.69, 9.17) is 9.47 Å². The van der Waals surface area contributed by atoms with E-state index in [9.17, 15) is 9.90 Å². The Balaban J connectivity index is 1.46. The Bertz CT molecular complexity index is 472. The maximum absolute atomic E-state index is 12.5. The molecule has 6 aliphatic heterocycles. The molecule has 6 saturated heterocycles. The van der Waals surface area contributed by atoms with E-state index in [2.05, 4.69) is 9.80 Å². The van der Waals surface area contributed by atoms with Crippen molar-refractivity contribution in [1.29, 1.82) is 0 Å². The number of hydrogen-bond donors (Lipinski definition) is 1. The van der Waals surface area contributed by atoms with E-state index in [0.29, 0.717) is 25.6 Å². The van der Waals surface area contributed by atoms with Crippen LogP contribution in [0.4, 0.5) is 0 Å². The number of carbonyl (C=O) groups is 1.